The van der Waals surface area contributed by atoms with E-state index in [0.29, 0.717) is 19.5 Å². The molecule has 2 N–H and O–H groups in total. The van der Waals surface area contributed by atoms with Gasteiger partial charge in [-0.05, 0) is 18.8 Å². The summed E-state index contributed by atoms with van der Waals surface area (Å²) in [4.78, 5) is 37.3. The van der Waals surface area contributed by atoms with Crippen LogP contribution >= 0.6 is 0 Å². The van der Waals surface area contributed by atoms with Crippen molar-refractivity contribution in [2.24, 2.45) is 23.0 Å². The Hall–Kier alpha value is -1.59. The highest BCUT2D eigenvalue weighted by Gasteiger charge is 2.43. The van der Waals surface area contributed by atoms with Crippen molar-refractivity contribution in [2.45, 2.75) is 34.1 Å². The number of carbonyl (C=O) groups is 3. The molecule has 0 aromatic carbocycles. The number of nitrogens with two attached hydrogens (primary N) is 1. The van der Waals surface area contributed by atoms with Crippen molar-refractivity contribution in [3.05, 3.63) is 0 Å². The Balaban J connectivity index is 2.85. The standard InChI is InChI=1S/C14H24N2O4/c1-5-20-13(19)10(14(2,3)4)12(18)16-7-6-9(8-16)11(15)17/h9-10H,5-8H2,1-4H3,(H2,15,17). The van der Waals surface area contributed by atoms with E-state index in [1.165, 1.54) is 0 Å². The number of primary amides is 1. The molecule has 0 aromatic rings. The molecule has 1 saturated heterocycles. The molecular formula is C14H24N2O4. The fourth-order valence-corrected chi connectivity index (χ4v) is 2.43. The number of ether oxygens (including phenoxy) is 1. The fraction of sp³-hybridized carbons (Fsp3) is 0.786. The minimum Gasteiger partial charge on any atom is -0.465 e. The molecule has 2 atom stereocenters. The molecule has 2 unspecified atom stereocenters. The summed E-state index contributed by atoms with van der Waals surface area (Å²) < 4.78 is 5.01. The third-order valence-corrected chi connectivity index (χ3v) is 3.54. The molecule has 1 rings (SSSR count). The van der Waals surface area contributed by atoms with Crippen molar-refractivity contribution >= 4 is 17.8 Å². The highest BCUT2D eigenvalue weighted by Crippen LogP contribution is 2.30. The molecule has 1 aliphatic rings. The quantitative estimate of drug-likeness (QED) is 0.603. The van der Waals surface area contributed by atoms with E-state index in [0.717, 1.165) is 0 Å². The van der Waals surface area contributed by atoms with Crippen LogP contribution in [0.15, 0.2) is 0 Å². The van der Waals surface area contributed by atoms with Crippen LogP contribution in [0.25, 0.3) is 0 Å². The van der Waals surface area contributed by atoms with E-state index in [2.05, 4.69) is 0 Å². The van der Waals surface area contributed by atoms with Crippen LogP contribution in [0.5, 0.6) is 0 Å². The van der Waals surface area contributed by atoms with Gasteiger partial charge in [-0.25, -0.2) is 0 Å². The third kappa shape index (κ3) is 3.71. The Morgan fingerprint density at radius 2 is 1.95 bits per heavy atom. The van der Waals surface area contributed by atoms with Crippen molar-refractivity contribution in [1.29, 1.82) is 0 Å². The van der Waals surface area contributed by atoms with Gasteiger partial charge < -0.3 is 15.4 Å². The van der Waals surface area contributed by atoms with Crippen molar-refractivity contribution < 1.29 is 19.1 Å². The van der Waals surface area contributed by atoms with E-state index in [1.54, 1.807) is 11.8 Å². The number of rotatable bonds is 4. The molecular weight excluding hydrogens is 260 g/mol. The van der Waals surface area contributed by atoms with E-state index in [4.69, 9.17) is 10.5 Å². The lowest BCUT2D eigenvalue weighted by Crippen LogP contribution is -2.45. The Morgan fingerprint density at radius 1 is 1.35 bits per heavy atom. The van der Waals surface area contributed by atoms with E-state index in [9.17, 15) is 14.4 Å². The number of amides is 2. The van der Waals surface area contributed by atoms with Gasteiger partial charge in [0.1, 0.15) is 5.92 Å². The van der Waals surface area contributed by atoms with Crippen LogP contribution in [0.4, 0.5) is 0 Å². The molecule has 0 radical (unpaired) electrons. The molecule has 0 aliphatic carbocycles. The summed E-state index contributed by atoms with van der Waals surface area (Å²) >= 11 is 0. The lowest BCUT2D eigenvalue weighted by atomic mass is 9.80. The van der Waals surface area contributed by atoms with Gasteiger partial charge in [-0.15, -0.1) is 0 Å². The Morgan fingerprint density at radius 3 is 2.35 bits per heavy atom. The Labute approximate surface area is 119 Å². The van der Waals surface area contributed by atoms with Gasteiger partial charge in [-0.1, -0.05) is 20.8 Å². The predicted molar refractivity (Wildman–Crippen MR) is 73.5 cm³/mol. The monoisotopic (exact) mass is 284 g/mol. The zero-order valence-electron chi connectivity index (χ0n) is 12.6. The van der Waals surface area contributed by atoms with Crippen molar-refractivity contribution in [3.63, 3.8) is 0 Å². The number of esters is 1. The van der Waals surface area contributed by atoms with E-state index in [-0.39, 0.29) is 18.4 Å². The second-order valence-corrected chi connectivity index (χ2v) is 6.22. The molecule has 2 amide bonds. The van der Waals surface area contributed by atoms with Gasteiger partial charge in [0.15, 0.2) is 0 Å². The molecule has 114 valence electrons. The minimum atomic E-state index is -0.853. The smallest absolute Gasteiger partial charge is 0.319 e. The summed E-state index contributed by atoms with van der Waals surface area (Å²) in [5.41, 5.74) is 4.73. The van der Waals surface area contributed by atoms with Crippen LogP contribution in [-0.2, 0) is 19.1 Å². The van der Waals surface area contributed by atoms with E-state index >= 15 is 0 Å². The maximum atomic E-state index is 12.5. The van der Waals surface area contributed by atoms with Crippen molar-refractivity contribution in [3.8, 4) is 0 Å². The highest BCUT2D eigenvalue weighted by molar-refractivity contribution is 5.99. The predicted octanol–water partition coefficient (Wildman–Crippen LogP) is 0.546. The normalized spacial score (nSPS) is 20.6. The van der Waals surface area contributed by atoms with Crippen LogP contribution in [0.1, 0.15) is 34.1 Å². The molecule has 1 fully saturated rings. The van der Waals surface area contributed by atoms with E-state index in [1.807, 2.05) is 20.8 Å². The first-order valence-electron chi connectivity index (χ1n) is 6.93. The van der Waals surface area contributed by atoms with Crippen molar-refractivity contribution in [1.82, 2.24) is 4.90 Å². The fourth-order valence-electron chi connectivity index (χ4n) is 2.43. The largest absolute Gasteiger partial charge is 0.465 e. The molecule has 6 heteroatoms. The SMILES string of the molecule is CCOC(=O)C(C(=O)N1CCC(C(N)=O)C1)C(C)(C)C. The van der Waals surface area contributed by atoms with Gasteiger partial charge in [-0.2, -0.15) is 0 Å². The third-order valence-electron chi connectivity index (χ3n) is 3.54. The lowest BCUT2D eigenvalue weighted by Gasteiger charge is -2.31. The molecule has 0 aromatic heterocycles. The van der Waals surface area contributed by atoms with Crippen molar-refractivity contribution in [2.75, 3.05) is 19.7 Å². The average Bonchev–Trinajstić information content (AvgIpc) is 2.76. The number of hydrogen-bond acceptors (Lipinski definition) is 4. The summed E-state index contributed by atoms with van der Waals surface area (Å²) in [7, 11) is 0. The summed E-state index contributed by atoms with van der Waals surface area (Å²) in [5.74, 6) is -2.35. The molecule has 1 aliphatic heterocycles. The number of carbonyl (C=O) groups excluding carboxylic acids is 3. The van der Waals surface area contributed by atoms with E-state index < -0.39 is 23.2 Å². The first-order chi connectivity index (χ1) is 9.18. The zero-order valence-corrected chi connectivity index (χ0v) is 12.6. The summed E-state index contributed by atoms with van der Waals surface area (Å²) in [6.45, 7) is 8.18. The van der Waals surface area contributed by atoms with Gasteiger partial charge in [0.05, 0.1) is 12.5 Å². The van der Waals surface area contributed by atoms with Gasteiger partial charge in [0.25, 0.3) is 0 Å². The van der Waals surface area contributed by atoms with Gasteiger partial charge in [0.2, 0.25) is 11.8 Å². The Bertz CT molecular complexity index is 400. The highest BCUT2D eigenvalue weighted by atomic mass is 16.5. The zero-order chi connectivity index (χ0) is 15.5. The maximum absolute atomic E-state index is 12.5. The molecule has 0 saturated carbocycles. The first-order valence-corrected chi connectivity index (χ1v) is 6.93. The van der Waals surface area contributed by atoms with Crippen LogP contribution in [-0.4, -0.2) is 42.4 Å². The summed E-state index contributed by atoms with van der Waals surface area (Å²) in [6, 6.07) is 0. The molecule has 0 spiro atoms. The first kappa shape index (κ1) is 16.5. The summed E-state index contributed by atoms with van der Waals surface area (Å²) in [5, 5.41) is 0. The van der Waals surface area contributed by atoms with Crippen LogP contribution in [0, 0.1) is 17.3 Å². The maximum Gasteiger partial charge on any atom is 0.319 e. The second kappa shape index (κ2) is 6.24. The number of nitrogens with zero attached hydrogens (tertiary/aromatic N) is 1. The van der Waals surface area contributed by atoms with Crippen LogP contribution in [0.3, 0.4) is 0 Å². The minimum absolute atomic E-state index is 0.239. The Kier molecular flexibility index (Phi) is 5.14. The molecule has 0 bridgehead atoms. The average molecular weight is 284 g/mol. The topological polar surface area (TPSA) is 89.7 Å². The second-order valence-electron chi connectivity index (χ2n) is 6.22. The molecule has 1 heterocycles. The van der Waals surface area contributed by atoms with Gasteiger partial charge in [-0.3, -0.25) is 14.4 Å². The van der Waals surface area contributed by atoms with Crippen LogP contribution < -0.4 is 5.73 Å². The van der Waals surface area contributed by atoms with Gasteiger partial charge >= 0.3 is 5.97 Å². The van der Waals surface area contributed by atoms with Gasteiger partial charge in [0, 0.05) is 13.1 Å². The lowest BCUT2D eigenvalue weighted by molar-refractivity contribution is -0.160. The summed E-state index contributed by atoms with van der Waals surface area (Å²) in [6.07, 6.45) is 0.556. The molecule has 20 heavy (non-hydrogen) atoms. The van der Waals surface area contributed by atoms with Crippen LogP contribution in [0.2, 0.25) is 0 Å². The number of hydrogen-bond donors (Lipinski definition) is 1. The molecule has 6 nitrogen and oxygen atoms in total. The number of likely N-dealkylation sites (tertiary alicyclic amines) is 1.